The number of carbonyl (C=O) groups is 1. The third-order valence-electron chi connectivity index (χ3n) is 2.70. The molecule has 1 unspecified atom stereocenters. The Bertz CT molecular complexity index is 175. The molecule has 12 heavy (non-hydrogen) atoms. The summed E-state index contributed by atoms with van der Waals surface area (Å²) in [6.45, 7) is 6.41. The molecule has 1 saturated carbocycles. The minimum atomic E-state index is -0.651. The van der Waals surface area contributed by atoms with Gasteiger partial charge >= 0.3 is 5.97 Å². The molecule has 0 aromatic heterocycles. The fourth-order valence-electron chi connectivity index (χ4n) is 1.87. The molecule has 2 heteroatoms. The van der Waals surface area contributed by atoms with Crippen molar-refractivity contribution in [3.05, 3.63) is 0 Å². The zero-order valence-electron chi connectivity index (χ0n) is 8.13. The van der Waals surface area contributed by atoms with Crippen molar-refractivity contribution in [3.63, 3.8) is 0 Å². The summed E-state index contributed by atoms with van der Waals surface area (Å²) in [5, 5.41) is 8.72. The van der Waals surface area contributed by atoms with Crippen molar-refractivity contribution in [1.82, 2.24) is 0 Å². The van der Waals surface area contributed by atoms with Gasteiger partial charge in [0.2, 0.25) is 0 Å². The zero-order chi connectivity index (χ0) is 9.35. The Balaban J connectivity index is 2.54. The van der Waals surface area contributed by atoms with E-state index in [4.69, 9.17) is 5.11 Å². The van der Waals surface area contributed by atoms with E-state index in [1.54, 1.807) is 0 Å². The molecule has 1 atom stereocenters. The molecule has 0 bridgehead atoms. The number of hydrogen-bond acceptors (Lipinski definition) is 1. The van der Waals surface area contributed by atoms with E-state index in [0.717, 1.165) is 0 Å². The van der Waals surface area contributed by atoms with Crippen LogP contribution in [0.15, 0.2) is 0 Å². The fourth-order valence-corrected chi connectivity index (χ4v) is 1.87. The highest BCUT2D eigenvalue weighted by molar-refractivity contribution is 5.67. The minimum absolute atomic E-state index is 0.152. The van der Waals surface area contributed by atoms with Crippen molar-refractivity contribution in [3.8, 4) is 0 Å². The Labute approximate surface area is 74.0 Å². The number of carboxylic acid groups (broad SMARTS) is 1. The molecule has 2 nitrogen and oxygen atoms in total. The maximum Gasteiger partial charge on any atom is 0.303 e. The summed E-state index contributed by atoms with van der Waals surface area (Å²) in [6.07, 6.45) is 2.80. The molecule has 0 radical (unpaired) electrons. The Morgan fingerprint density at radius 3 is 2.25 bits per heavy atom. The first-order chi connectivity index (χ1) is 5.41. The number of hydrogen-bond donors (Lipinski definition) is 1. The predicted octanol–water partition coefficient (Wildman–Crippen LogP) is 2.53. The molecule has 0 aromatic carbocycles. The second-order valence-corrected chi connectivity index (χ2v) is 4.91. The summed E-state index contributed by atoms with van der Waals surface area (Å²) in [7, 11) is 0. The Hall–Kier alpha value is -0.530. The lowest BCUT2D eigenvalue weighted by Crippen LogP contribution is -2.25. The third kappa shape index (κ3) is 2.50. The highest BCUT2D eigenvalue weighted by atomic mass is 16.4. The van der Waals surface area contributed by atoms with E-state index in [1.807, 2.05) is 0 Å². The molecule has 0 saturated heterocycles. The van der Waals surface area contributed by atoms with Crippen LogP contribution < -0.4 is 0 Å². The van der Waals surface area contributed by atoms with Crippen LogP contribution in [-0.2, 0) is 4.79 Å². The van der Waals surface area contributed by atoms with Crippen LogP contribution in [0.5, 0.6) is 0 Å². The molecule has 0 aromatic rings. The lowest BCUT2D eigenvalue weighted by atomic mass is 9.76. The van der Waals surface area contributed by atoms with E-state index < -0.39 is 5.97 Å². The van der Waals surface area contributed by atoms with Crippen LogP contribution in [0, 0.1) is 17.3 Å². The van der Waals surface area contributed by atoms with Gasteiger partial charge in [0, 0.05) is 6.42 Å². The molecule has 0 spiro atoms. The van der Waals surface area contributed by atoms with E-state index in [2.05, 4.69) is 20.8 Å². The summed E-state index contributed by atoms with van der Waals surface area (Å²) < 4.78 is 0. The predicted molar refractivity (Wildman–Crippen MR) is 47.9 cm³/mol. The van der Waals surface area contributed by atoms with Crippen molar-refractivity contribution >= 4 is 5.97 Å². The number of aliphatic carboxylic acids is 1. The molecule has 1 N–H and O–H groups in total. The molecule has 1 aliphatic carbocycles. The standard InChI is InChI=1S/C10H18O2/c1-10(2,3)8(6-9(11)12)7-4-5-7/h7-8H,4-6H2,1-3H3,(H,11,12). The highest BCUT2D eigenvalue weighted by Gasteiger charge is 2.39. The summed E-state index contributed by atoms with van der Waals surface area (Å²) in [6, 6.07) is 0. The van der Waals surface area contributed by atoms with Crippen LogP contribution in [0.25, 0.3) is 0 Å². The van der Waals surface area contributed by atoms with E-state index in [1.165, 1.54) is 12.8 Å². The van der Waals surface area contributed by atoms with Gasteiger partial charge < -0.3 is 5.11 Å². The van der Waals surface area contributed by atoms with Crippen molar-refractivity contribution in [2.45, 2.75) is 40.0 Å². The summed E-state index contributed by atoms with van der Waals surface area (Å²) >= 11 is 0. The van der Waals surface area contributed by atoms with Gasteiger partial charge in [0.1, 0.15) is 0 Å². The molecule has 1 rings (SSSR count). The van der Waals surface area contributed by atoms with Crippen molar-refractivity contribution in [1.29, 1.82) is 0 Å². The highest BCUT2D eigenvalue weighted by Crippen LogP contribution is 2.47. The molecule has 1 aliphatic rings. The van der Waals surface area contributed by atoms with Crippen LogP contribution >= 0.6 is 0 Å². The third-order valence-corrected chi connectivity index (χ3v) is 2.70. The minimum Gasteiger partial charge on any atom is -0.481 e. The molecule has 0 heterocycles. The normalized spacial score (nSPS) is 20.6. The molecular formula is C10H18O2. The molecule has 0 amide bonds. The average Bonchev–Trinajstić information content (AvgIpc) is 2.60. The van der Waals surface area contributed by atoms with Crippen LogP contribution in [0.2, 0.25) is 0 Å². The van der Waals surface area contributed by atoms with Gasteiger partial charge in [0.15, 0.2) is 0 Å². The summed E-state index contributed by atoms with van der Waals surface area (Å²) in [4.78, 5) is 10.6. The van der Waals surface area contributed by atoms with Crippen molar-refractivity contribution < 1.29 is 9.90 Å². The Morgan fingerprint density at radius 2 is 2.00 bits per heavy atom. The van der Waals surface area contributed by atoms with Gasteiger partial charge in [0.25, 0.3) is 0 Å². The summed E-state index contributed by atoms with van der Waals surface area (Å²) in [5.74, 6) is 0.401. The second-order valence-electron chi connectivity index (χ2n) is 4.91. The quantitative estimate of drug-likeness (QED) is 0.706. The number of carboxylic acids is 1. The SMILES string of the molecule is CC(C)(C)C(CC(=O)O)C1CC1. The number of rotatable bonds is 3. The molecule has 70 valence electrons. The van der Waals surface area contributed by atoms with Crippen LogP contribution in [0.4, 0.5) is 0 Å². The fraction of sp³-hybridized carbons (Fsp3) is 0.900. The maximum absolute atomic E-state index is 10.6. The van der Waals surface area contributed by atoms with Crippen LogP contribution in [0.1, 0.15) is 40.0 Å². The van der Waals surface area contributed by atoms with Gasteiger partial charge in [-0.2, -0.15) is 0 Å². The molecule has 1 fully saturated rings. The topological polar surface area (TPSA) is 37.3 Å². The zero-order valence-corrected chi connectivity index (χ0v) is 8.13. The average molecular weight is 170 g/mol. The van der Waals surface area contributed by atoms with Gasteiger partial charge in [0.05, 0.1) is 0 Å². The van der Waals surface area contributed by atoms with E-state index in [9.17, 15) is 4.79 Å². The van der Waals surface area contributed by atoms with Crippen LogP contribution in [-0.4, -0.2) is 11.1 Å². The maximum atomic E-state index is 10.6. The monoisotopic (exact) mass is 170 g/mol. The van der Waals surface area contributed by atoms with E-state index >= 15 is 0 Å². The largest absolute Gasteiger partial charge is 0.481 e. The van der Waals surface area contributed by atoms with Gasteiger partial charge in [-0.25, -0.2) is 0 Å². The van der Waals surface area contributed by atoms with Gasteiger partial charge in [-0.15, -0.1) is 0 Å². The first kappa shape index (κ1) is 9.56. The second kappa shape index (κ2) is 3.08. The molecule has 0 aliphatic heterocycles. The Morgan fingerprint density at radius 1 is 1.50 bits per heavy atom. The van der Waals surface area contributed by atoms with Gasteiger partial charge in [-0.1, -0.05) is 20.8 Å². The van der Waals surface area contributed by atoms with E-state index in [-0.39, 0.29) is 5.41 Å². The summed E-state index contributed by atoms with van der Waals surface area (Å²) in [5.41, 5.74) is 0.152. The molecular weight excluding hydrogens is 152 g/mol. The van der Waals surface area contributed by atoms with E-state index in [0.29, 0.717) is 18.3 Å². The van der Waals surface area contributed by atoms with Gasteiger partial charge in [-0.05, 0) is 30.1 Å². The lowest BCUT2D eigenvalue weighted by molar-refractivity contribution is -0.139. The Kier molecular flexibility index (Phi) is 2.45. The van der Waals surface area contributed by atoms with Crippen molar-refractivity contribution in [2.24, 2.45) is 17.3 Å². The lowest BCUT2D eigenvalue weighted by Gasteiger charge is -2.29. The first-order valence-corrected chi connectivity index (χ1v) is 4.63. The van der Waals surface area contributed by atoms with Crippen molar-refractivity contribution in [2.75, 3.05) is 0 Å². The van der Waals surface area contributed by atoms with Gasteiger partial charge in [-0.3, -0.25) is 4.79 Å². The van der Waals surface area contributed by atoms with Crippen LogP contribution in [0.3, 0.4) is 0 Å². The first-order valence-electron chi connectivity index (χ1n) is 4.63. The smallest absolute Gasteiger partial charge is 0.303 e.